The zero-order chi connectivity index (χ0) is 30.3. The number of nitrogens with one attached hydrogen (secondary N) is 1. The van der Waals surface area contributed by atoms with Crippen molar-refractivity contribution in [2.45, 2.75) is 51.9 Å². The summed E-state index contributed by atoms with van der Waals surface area (Å²) < 4.78 is 24.4. The van der Waals surface area contributed by atoms with Crippen LogP contribution in [0, 0.1) is 13.8 Å². The summed E-state index contributed by atoms with van der Waals surface area (Å²) in [5, 5.41) is 0. The van der Waals surface area contributed by atoms with Gasteiger partial charge in [0.2, 0.25) is 0 Å². The maximum atomic E-state index is 13.0. The molecule has 0 amide bonds. The Balaban J connectivity index is 1.33. The Morgan fingerprint density at radius 2 is 1.49 bits per heavy atom. The molecule has 43 heavy (non-hydrogen) atoms. The molecule has 1 saturated heterocycles. The molecule has 10 nitrogen and oxygen atoms in total. The Morgan fingerprint density at radius 3 is 2.14 bits per heavy atom. The van der Waals surface area contributed by atoms with Crippen LogP contribution in [0.15, 0.2) is 94.6 Å². The van der Waals surface area contributed by atoms with Gasteiger partial charge in [-0.25, -0.2) is 14.4 Å². The largest absolute Gasteiger partial charge is 0.459 e. The molecule has 3 aromatic carbocycles. The molecular formula is C33H32N2O8. The molecule has 4 aromatic rings. The summed E-state index contributed by atoms with van der Waals surface area (Å²) in [7, 11) is 0. The molecule has 1 N–H and O–H groups in total. The number of rotatable bonds is 10. The van der Waals surface area contributed by atoms with Gasteiger partial charge in [0.25, 0.3) is 5.56 Å². The minimum Gasteiger partial charge on any atom is -0.459 e. The number of hydrogen-bond acceptors (Lipinski definition) is 8. The minimum atomic E-state index is -0.906. The van der Waals surface area contributed by atoms with E-state index in [2.05, 4.69) is 4.98 Å². The number of H-pyrrole nitrogens is 1. The average Bonchev–Trinajstić information content (AvgIpc) is 3.40. The second kappa shape index (κ2) is 13.5. The van der Waals surface area contributed by atoms with Crippen LogP contribution in [0.3, 0.4) is 0 Å². The maximum absolute atomic E-state index is 13.0. The van der Waals surface area contributed by atoms with Gasteiger partial charge in [-0.1, -0.05) is 65.7 Å². The highest BCUT2D eigenvalue weighted by molar-refractivity contribution is 5.90. The minimum absolute atomic E-state index is 0.0410. The van der Waals surface area contributed by atoms with Gasteiger partial charge in [-0.3, -0.25) is 14.3 Å². The summed E-state index contributed by atoms with van der Waals surface area (Å²) in [6, 6.07) is 23.3. The summed E-state index contributed by atoms with van der Waals surface area (Å²) in [5.74, 6) is -1.14. The van der Waals surface area contributed by atoms with Crippen LogP contribution in [-0.4, -0.2) is 40.3 Å². The van der Waals surface area contributed by atoms with Crippen molar-refractivity contribution in [3.05, 3.63) is 139 Å². The molecule has 2 heterocycles. The molecule has 0 bridgehead atoms. The van der Waals surface area contributed by atoms with Gasteiger partial charge in [0.15, 0.2) is 0 Å². The van der Waals surface area contributed by atoms with E-state index >= 15 is 0 Å². The molecule has 0 spiro atoms. The lowest BCUT2D eigenvalue weighted by atomic mass is 10.1. The number of esters is 2. The summed E-state index contributed by atoms with van der Waals surface area (Å²) in [6.07, 6.45) is -1.15. The van der Waals surface area contributed by atoms with Crippen LogP contribution in [0.5, 0.6) is 0 Å². The standard InChI is InChI=1S/C33H32N2O8/c1-21-8-12-24(13-9-21)31(37)41-20-28-27(43-32(38)25-14-10-22(2)11-15-25)16-29(42-28)35-17-26(30(36)34-33(35)39)19-40-18-23-6-4-3-5-7-23/h3-15,17,27-29H,16,18-20H2,1-2H3,(H,34,36,39)/t27-,28+,29-/m1/s1. The van der Waals surface area contributed by atoms with E-state index in [1.807, 2.05) is 44.2 Å². The first-order valence-corrected chi connectivity index (χ1v) is 13.9. The molecular weight excluding hydrogens is 552 g/mol. The molecule has 222 valence electrons. The van der Waals surface area contributed by atoms with E-state index in [-0.39, 0.29) is 31.8 Å². The van der Waals surface area contributed by atoms with Gasteiger partial charge in [0, 0.05) is 12.6 Å². The van der Waals surface area contributed by atoms with Gasteiger partial charge in [0.1, 0.15) is 25.0 Å². The quantitative estimate of drug-likeness (QED) is 0.275. The highest BCUT2D eigenvalue weighted by Gasteiger charge is 2.40. The van der Waals surface area contributed by atoms with Gasteiger partial charge in [-0.2, -0.15) is 0 Å². The van der Waals surface area contributed by atoms with Crippen molar-refractivity contribution in [1.82, 2.24) is 9.55 Å². The highest BCUT2D eigenvalue weighted by atomic mass is 16.6. The predicted molar refractivity (Wildman–Crippen MR) is 157 cm³/mol. The molecule has 0 unspecified atom stereocenters. The maximum Gasteiger partial charge on any atom is 0.338 e. The predicted octanol–water partition coefficient (Wildman–Crippen LogP) is 4.24. The lowest BCUT2D eigenvalue weighted by molar-refractivity contribution is -0.0583. The van der Waals surface area contributed by atoms with Crippen LogP contribution in [-0.2, 0) is 32.2 Å². The molecule has 10 heteroatoms. The van der Waals surface area contributed by atoms with Crippen LogP contribution >= 0.6 is 0 Å². The Labute approximate surface area is 247 Å². The van der Waals surface area contributed by atoms with Crippen LogP contribution < -0.4 is 11.2 Å². The van der Waals surface area contributed by atoms with Crippen LogP contribution in [0.2, 0.25) is 0 Å². The normalized spacial score (nSPS) is 17.9. The summed E-state index contributed by atoms with van der Waals surface area (Å²) in [5.41, 5.74) is 2.60. The molecule has 1 aliphatic heterocycles. The summed E-state index contributed by atoms with van der Waals surface area (Å²) in [6.45, 7) is 3.84. The smallest absolute Gasteiger partial charge is 0.338 e. The van der Waals surface area contributed by atoms with Crippen molar-refractivity contribution in [1.29, 1.82) is 0 Å². The lowest BCUT2D eigenvalue weighted by Crippen LogP contribution is -2.34. The fraction of sp³-hybridized carbons (Fsp3) is 0.273. The molecule has 1 aromatic heterocycles. The Bertz CT molecular complexity index is 1680. The van der Waals surface area contributed by atoms with Gasteiger partial charge in [-0.15, -0.1) is 0 Å². The Hall–Kier alpha value is -4.80. The zero-order valence-corrected chi connectivity index (χ0v) is 23.9. The van der Waals surface area contributed by atoms with Gasteiger partial charge >= 0.3 is 17.6 Å². The number of aromatic nitrogens is 2. The number of ether oxygens (including phenoxy) is 4. The third-order valence-corrected chi connectivity index (χ3v) is 7.11. The molecule has 1 fully saturated rings. The average molecular weight is 585 g/mol. The SMILES string of the molecule is Cc1ccc(C(=O)OC[C@@H]2O[C@@H](n3cc(COCc4ccccc4)c(=O)[nH]c3=O)C[C@H]2OC(=O)c2ccc(C)cc2)cc1. The first kappa shape index (κ1) is 29.7. The zero-order valence-electron chi connectivity index (χ0n) is 23.9. The van der Waals surface area contributed by atoms with Gasteiger partial charge in [-0.05, 0) is 43.7 Å². The fourth-order valence-electron chi connectivity index (χ4n) is 4.67. The first-order valence-electron chi connectivity index (χ1n) is 13.9. The number of aromatic amines is 1. The molecule has 3 atom stereocenters. The van der Waals surface area contributed by atoms with E-state index in [9.17, 15) is 19.2 Å². The number of nitrogens with zero attached hydrogens (tertiary/aromatic N) is 1. The molecule has 0 saturated carbocycles. The van der Waals surface area contributed by atoms with Gasteiger partial charge < -0.3 is 18.9 Å². The third-order valence-electron chi connectivity index (χ3n) is 7.11. The highest BCUT2D eigenvalue weighted by Crippen LogP contribution is 2.31. The van der Waals surface area contributed by atoms with E-state index < -0.39 is 41.6 Å². The van der Waals surface area contributed by atoms with Crippen molar-refractivity contribution in [3.63, 3.8) is 0 Å². The lowest BCUT2D eigenvalue weighted by Gasteiger charge is -2.19. The van der Waals surface area contributed by atoms with Crippen molar-refractivity contribution >= 4 is 11.9 Å². The van der Waals surface area contributed by atoms with Crippen LogP contribution in [0.4, 0.5) is 0 Å². The molecule has 0 aliphatic carbocycles. The molecule has 0 radical (unpaired) electrons. The summed E-state index contributed by atoms with van der Waals surface area (Å²) in [4.78, 5) is 53.3. The second-order valence-corrected chi connectivity index (χ2v) is 10.4. The van der Waals surface area contributed by atoms with Crippen LogP contribution in [0.25, 0.3) is 0 Å². The van der Waals surface area contributed by atoms with Crippen LogP contribution in [0.1, 0.15) is 55.6 Å². The van der Waals surface area contributed by atoms with Gasteiger partial charge in [0.05, 0.1) is 29.9 Å². The monoisotopic (exact) mass is 584 g/mol. The number of carbonyl (C=O) groups is 2. The first-order chi connectivity index (χ1) is 20.8. The molecule has 5 rings (SSSR count). The third kappa shape index (κ3) is 7.54. The van der Waals surface area contributed by atoms with E-state index in [1.54, 1.807) is 48.5 Å². The topological polar surface area (TPSA) is 126 Å². The van der Waals surface area contributed by atoms with E-state index in [0.717, 1.165) is 16.7 Å². The van der Waals surface area contributed by atoms with E-state index in [1.165, 1.54) is 10.8 Å². The van der Waals surface area contributed by atoms with Crippen molar-refractivity contribution < 1.29 is 28.5 Å². The number of benzene rings is 3. The van der Waals surface area contributed by atoms with Crippen molar-refractivity contribution in [2.75, 3.05) is 6.61 Å². The Morgan fingerprint density at radius 1 is 0.860 bits per heavy atom. The number of carbonyl (C=O) groups excluding carboxylic acids is 2. The molecule has 1 aliphatic rings. The summed E-state index contributed by atoms with van der Waals surface area (Å²) >= 11 is 0. The van der Waals surface area contributed by atoms with E-state index in [0.29, 0.717) is 11.1 Å². The Kier molecular flexibility index (Phi) is 9.29. The second-order valence-electron chi connectivity index (χ2n) is 10.4. The fourth-order valence-corrected chi connectivity index (χ4v) is 4.67. The van der Waals surface area contributed by atoms with E-state index in [4.69, 9.17) is 18.9 Å². The number of hydrogen-bond donors (Lipinski definition) is 1. The van der Waals surface area contributed by atoms with Crippen molar-refractivity contribution in [2.24, 2.45) is 0 Å². The van der Waals surface area contributed by atoms with Crippen molar-refractivity contribution in [3.8, 4) is 0 Å². The number of aryl methyl sites for hydroxylation is 2.